The molecule has 9 heteroatoms. The van der Waals surface area contributed by atoms with E-state index in [9.17, 15) is 4.39 Å². The fourth-order valence-electron chi connectivity index (χ4n) is 4.15. The molecule has 1 aliphatic rings. The molecule has 8 nitrogen and oxygen atoms in total. The van der Waals surface area contributed by atoms with Crippen LogP contribution in [0.25, 0.3) is 0 Å². The number of nitrogen functional groups attached to an aromatic ring is 1. The maximum absolute atomic E-state index is 14.7. The highest BCUT2D eigenvalue weighted by Crippen LogP contribution is 2.40. The van der Waals surface area contributed by atoms with Crippen LogP contribution in [0.5, 0.6) is 5.75 Å². The Morgan fingerprint density at radius 3 is 2.50 bits per heavy atom. The van der Waals surface area contributed by atoms with E-state index in [4.69, 9.17) is 15.5 Å². The van der Waals surface area contributed by atoms with E-state index in [2.05, 4.69) is 20.3 Å². The van der Waals surface area contributed by atoms with E-state index in [0.29, 0.717) is 29.4 Å². The van der Waals surface area contributed by atoms with Crippen LogP contribution < -0.4 is 20.3 Å². The number of halogens is 1. The molecule has 2 aromatic heterocycles. The average molecular weight is 439 g/mol. The number of nitrogens with two attached hydrogens (primary N) is 1. The number of anilines is 2. The largest absolute Gasteiger partial charge is 0.494 e. The first kappa shape index (κ1) is 21.9. The quantitative estimate of drug-likeness (QED) is 0.424. The van der Waals surface area contributed by atoms with Crippen LogP contribution in [0.1, 0.15) is 38.5 Å². The van der Waals surface area contributed by atoms with Crippen molar-refractivity contribution in [1.29, 1.82) is 0 Å². The number of methoxy groups -OCH3 is 1. The van der Waals surface area contributed by atoms with Crippen molar-refractivity contribution in [2.45, 2.75) is 44.6 Å². The number of nitrogens with one attached hydrogen (secondary N) is 1. The summed E-state index contributed by atoms with van der Waals surface area (Å²) in [7, 11) is 3.29. The molecule has 0 aliphatic heterocycles. The summed E-state index contributed by atoms with van der Waals surface area (Å²) in [5, 5.41) is 3.44. The maximum Gasteiger partial charge on any atom is 0.347 e. The third-order valence-corrected chi connectivity index (χ3v) is 5.99. The lowest BCUT2D eigenvalue weighted by molar-refractivity contribution is 0.385. The summed E-state index contributed by atoms with van der Waals surface area (Å²) in [6.45, 7) is 0. The van der Waals surface area contributed by atoms with Crippen molar-refractivity contribution < 1.29 is 9.13 Å². The van der Waals surface area contributed by atoms with Crippen molar-refractivity contribution >= 4 is 29.4 Å². The monoisotopic (exact) mass is 438 g/mol. The smallest absolute Gasteiger partial charge is 0.347 e. The van der Waals surface area contributed by atoms with E-state index in [-0.39, 0.29) is 16.2 Å². The molecule has 1 saturated carbocycles. The van der Waals surface area contributed by atoms with Crippen LogP contribution in [0.15, 0.2) is 42.6 Å². The Morgan fingerprint density at radius 2 is 1.84 bits per heavy atom. The first-order valence-electron chi connectivity index (χ1n) is 10.9. The molecule has 0 saturated heterocycles. The molecular weight excluding hydrogens is 409 g/mol. The van der Waals surface area contributed by atoms with Crippen LogP contribution in [0, 0.1) is 5.82 Å². The van der Waals surface area contributed by atoms with Gasteiger partial charge in [-0.05, 0) is 25.0 Å². The average Bonchev–Trinajstić information content (AvgIpc) is 3.07. The van der Waals surface area contributed by atoms with E-state index in [1.807, 2.05) is 25.2 Å². The number of aromatic nitrogens is 4. The first-order chi connectivity index (χ1) is 15.5. The van der Waals surface area contributed by atoms with E-state index >= 15 is 0 Å². The van der Waals surface area contributed by atoms with Crippen LogP contribution >= 0.6 is 0 Å². The van der Waals surface area contributed by atoms with Gasteiger partial charge < -0.3 is 15.8 Å². The lowest BCUT2D eigenvalue weighted by Gasteiger charge is -2.29. The van der Waals surface area contributed by atoms with E-state index in [0.717, 1.165) is 12.8 Å². The van der Waals surface area contributed by atoms with Gasteiger partial charge in [0.2, 0.25) is 17.7 Å². The van der Waals surface area contributed by atoms with Gasteiger partial charge in [-0.2, -0.15) is 9.47 Å². The Hall–Kier alpha value is -3.33. The zero-order valence-corrected chi connectivity index (χ0v) is 18.5. The lowest BCUT2D eigenvalue weighted by Crippen LogP contribution is -2.37. The third-order valence-electron chi connectivity index (χ3n) is 5.99. The maximum atomic E-state index is 14.7. The summed E-state index contributed by atoms with van der Waals surface area (Å²) in [4.78, 5) is 18.0. The van der Waals surface area contributed by atoms with Crippen LogP contribution in [-0.2, 0) is 0 Å². The third kappa shape index (κ3) is 4.47. The predicted molar refractivity (Wildman–Crippen MR) is 124 cm³/mol. The van der Waals surface area contributed by atoms with Gasteiger partial charge in [0.05, 0.1) is 14.2 Å². The Morgan fingerprint density at radius 1 is 1.06 bits per heavy atom. The Bertz CT molecular complexity index is 1060. The summed E-state index contributed by atoms with van der Waals surface area (Å²) < 4.78 is 19.7. The van der Waals surface area contributed by atoms with Gasteiger partial charge in [0, 0.05) is 30.4 Å². The normalized spacial score (nSPS) is 16.7. The number of ether oxygens (including phenoxy) is 1. The number of hydrogen-bond donors (Lipinski definition) is 2. The Labute approximate surface area is 187 Å². The summed E-state index contributed by atoms with van der Waals surface area (Å²) in [6.07, 6.45) is 8.67. The summed E-state index contributed by atoms with van der Waals surface area (Å²) in [5.41, 5.74) is 6.67. The van der Waals surface area contributed by atoms with Crippen LogP contribution in [0.2, 0.25) is 0 Å². The predicted octanol–water partition coefficient (Wildman–Crippen LogP) is 4.73. The molecule has 1 unspecified atom stereocenters. The molecule has 0 bridgehead atoms. The number of rotatable bonds is 6. The van der Waals surface area contributed by atoms with Crippen molar-refractivity contribution in [3.05, 3.63) is 48.4 Å². The minimum atomic E-state index is -0.482. The molecule has 168 valence electrons. The number of benzene rings is 1. The molecule has 32 heavy (non-hydrogen) atoms. The minimum Gasteiger partial charge on any atom is -0.494 e. The molecule has 1 fully saturated rings. The number of pyridine rings is 1. The Kier molecular flexibility index (Phi) is 6.45. The van der Waals surface area contributed by atoms with Gasteiger partial charge in [0.25, 0.3) is 0 Å². The molecule has 4 rings (SSSR count). The van der Waals surface area contributed by atoms with Crippen molar-refractivity contribution in [3.63, 3.8) is 0 Å². The van der Waals surface area contributed by atoms with Crippen molar-refractivity contribution in [2.75, 3.05) is 25.2 Å². The topological polar surface area (TPSA) is 98.8 Å². The molecule has 0 spiro atoms. The van der Waals surface area contributed by atoms with Crippen molar-refractivity contribution in [3.8, 4) is 5.75 Å². The lowest BCUT2D eigenvalue weighted by atomic mass is 10.1. The zero-order valence-electron chi connectivity index (χ0n) is 18.5. The first-order valence-corrected chi connectivity index (χ1v) is 10.9. The molecule has 3 N–H and O–H groups in total. The van der Waals surface area contributed by atoms with Gasteiger partial charge in [0.1, 0.15) is 5.69 Å². The second-order valence-electron chi connectivity index (χ2n) is 8.16. The van der Waals surface area contributed by atoms with E-state index < -0.39 is 5.82 Å². The fraction of sp³-hybridized carbons (Fsp3) is 0.391. The highest BCUT2D eigenvalue weighted by atomic mass is 19.1. The molecule has 2 heterocycles. The molecule has 1 atom stereocenters. The van der Waals surface area contributed by atoms with Crippen LogP contribution in [0.4, 0.5) is 33.7 Å². The van der Waals surface area contributed by atoms with Gasteiger partial charge in [0.15, 0.2) is 11.6 Å². The molecule has 1 aliphatic carbocycles. The summed E-state index contributed by atoms with van der Waals surface area (Å²) in [5.74, 6) is 1.16. The second kappa shape index (κ2) is 9.44. The van der Waals surface area contributed by atoms with Gasteiger partial charge >= 0.3 is 5.95 Å². The van der Waals surface area contributed by atoms with Gasteiger partial charge in [-0.25, -0.2) is 9.37 Å². The molecule has 3 aromatic rings. The van der Waals surface area contributed by atoms with Crippen LogP contribution in [-0.4, -0.2) is 40.1 Å². The highest BCUT2D eigenvalue weighted by Gasteiger charge is 2.38. The molecule has 0 radical (unpaired) electrons. The van der Waals surface area contributed by atoms with E-state index in [1.54, 1.807) is 18.3 Å². The Balaban J connectivity index is 1.79. The fourth-order valence-corrected chi connectivity index (χ4v) is 4.15. The van der Waals surface area contributed by atoms with Crippen molar-refractivity contribution in [1.82, 2.24) is 24.4 Å². The van der Waals surface area contributed by atoms with Gasteiger partial charge in [-0.15, -0.1) is 9.97 Å². The molecule has 0 amide bonds. The van der Waals surface area contributed by atoms with Crippen molar-refractivity contribution in [2.24, 2.45) is 0 Å². The highest BCUT2D eigenvalue weighted by molar-refractivity contribution is 5.65. The minimum absolute atomic E-state index is 0.0895. The SMILES string of the molecule is COc1ccc([N+](C)(c2ccccn2)c2nc(N)nc(NC3CCCCCC3)n2)cc1F. The summed E-state index contributed by atoms with van der Waals surface area (Å²) in [6, 6.07) is 10.6. The standard InChI is InChI=1S/C23H29FN7O/c1-31(20-11-7-8-14-26-20,17-12-13-19(32-2)18(24)15-17)23-29-21(25)28-22(30-23)27-16-9-5-3-4-6-10-16/h7-8,11-16H,3-6,9-10H2,1-2H3,(H3,25,27,28,29,30)/q+1. The van der Waals surface area contributed by atoms with Gasteiger partial charge in [-0.1, -0.05) is 31.7 Å². The number of nitrogens with zero attached hydrogens (tertiary/aromatic N) is 5. The molecule has 1 aromatic carbocycles. The number of quaternary nitrogens is 1. The van der Waals surface area contributed by atoms with Crippen LogP contribution in [0.3, 0.4) is 0 Å². The second-order valence-corrected chi connectivity index (χ2v) is 8.16. The molecular formula is C23H29FN7O+. The number of hydrogen-bond acceptors (Lipinski definition) is 7. The van der Waals surface area contributed by atoms with E-state index in [1.165, 1.54) is 38.9 Å². The zero-order chi connectivity index (χ0) is 22.6. The summed E-state index contributed by atoms with van der Waals surface area (Å²) >= 11 is 0. The van der Waals surface area contributed by atoms with Gasteiger partial charge in [-0.3, -0.25) is 0 Å².